The highest BCUT2D eigenvalue weighted by Crippen LogP contribution is 2.30. The number of rotatable bonds is 4. The quantitative estimate of drug-likeness (QED) is 0.937. The number of hydrogen-bond donors (Lipinski definition) is 1. The molecule has 0 radical (unpaired) electrons. The molecule has 3 rings (SSSR count). The Hall–Kier alpha value is -1.58. The normalized spacial score (nSPS) is 19.8. The average Bonchev–Trinajstić information content (AvgIpc) is 2.55. The number of nitrogens with zero attached hydrogens (tertiary/aromatic N) is 1. The molecule has 1 aliphatic heterocycles. The first-order chi connectivity index (χ1) is 10.3. The van der Waals surface area contributed by atoms with E-state index in [2.05, 4.69) is 41.3 Å². The van der Waals surface area contributed by atoms with Gasteiger partial charge in [0.1, 0.15) is 5.75 Å². The van der Waals surface area contributed by atoms with Crippen molar-refractivity contribution < 1.29 is 9.84 Å². The number of methoxy groups -OCH3 is 1. The van der Waals surface area contributed by atoms with E-state index >= 15 is 0 Å². The predicted octanol–water partition coefficient (Wildman–Crippen LogP) is 3.05. The minimum absolute atomic E-state index is 0.295. The molecule has 1 saturated heterocycles. The second kappa shape index (κ2) is 6.46. The van der Waals surface area contributed by atoms with Gasteiger partial charge in [0.15, 0.2) is 0 Å². The minimum Gasteiger partial charge on any atom is -0.496 e. The zero-order chi connectivity index (χ0) is 14.7. The van der Waals surface area contributed by atoms with E-state index in [-0.39, 0.29) is 0 Å². The van der Waals surface area contributed by atoms with Crippen LogP contribution >= 0.6 is 0 Å². The van der Waals surface area contributed by atoms with Crippen molar-refractivity contribution in [3.63, 3.8) is 0 Å². The molecule has 0 unspecified atom stereocenters. The number of ether oxygens (including phenoxy) is 1. The Bertz CT molecular complexity index is 611. The topological polar surface area (TPSA) is 32.7 Å². The van der Waals surface area contributed by atoms with Crippen LogP contribution in [-0.2, 0) is 6.54 Å². The summed E-state index contributed by atoms with van der Waals surface area (Å²) in [7, 11) is 1.74. The number of benzene rings is 2. The lowest BCUT2D eigenvalue weighted by atomic mass is 9.97. The molecular weight excluding hydrogens is 262 g/mol. The smallest absolute Gasteiger partial charge is 0.123 e. The van der Waals surface area contributed by atoms with E-state index in [9.17, 15) is 5.11 Å². The van der Waals surface area contributed by atoms with Crippen molar-refractivity contribution in [1.29, 1.82) is 0 Å². The zero-order valence-corrected chi connectivity index (χ0v) is 12.6. The fourth-order valence-corrected chi connectivity index (χ4v) is 3.34. The highest BCUT2D eigenvalue weighted by Gasteiger charge is 2.21. The minimum atomic E-state index is 0.295. The van der Waals surface area contributed by atoms with Crippen LogP contribution in [-0.4, -0.2) is 36.8 Å². The van der Waals surface area contributed by atoms with Crippen LogP contribution in [0.15, 0.2) is 36.4 Å². The summed E-state index contributed by atoms with van der Waals surface area (Å²) < 4.78 is 5.57. The van der Waals surface area contributed by atoms with Crippen LogP contribution in [0.5, 0.6) is 5.75 Å². The Morgan fingerprint density at radius 1 is 1.24 bits per heavy atom. The van der Waals surface area contributed by atoms with Gasteiger partial charge in [-0.25, -0.2) is 0 Å². The molecule has 0 bridgehead atoms. The third-order valence-electron chi connectivity index (χ3n) is 4.46. The van der Waals surface area contributed by atoms with E-state index < -0.39 is 0 Å². The summed E-state index contributed by atoms with van der Waals surface area (Å²) in [6.45, 7) is 3.26. The monoisotopic (exact) mass is 285 g/mol. The van der Waals surface area contributed by atoms with Crippen LogP contribution in [0.4, 0.5) is 0 Å². The molecule has 1 fully saturated rings. The molecule has 3 heteroatoms. The summed E-state index contributed by atoms with van der Waals surface area (Å²) in [6.07, 6.45) is 2.30. The number of aliphatic hydroxyl groups is 1. The number of likely N-dealkylation sites (tertiary alicyclic amines) is 1. The Morgan fingerprint density at radius 2 is 2.10 bits per heavy atom. The van der Waals surface area contributed by atoms with Gasteiger partial charge in [-0.15, -0.1) is 0 Å². The van der Waals surface area contributed by atoms with Gasteiger partial charge in [0.05, 0.1) is 7.11 Å². The molecule has 1 atom stereocenters. The summed E-state index contributed by atoms with van der Waals surface area (Å²) in [6, 6.07) is 12.6. The SMILES string of the molecule is COc1ccc2ccccc2c1CN1CCC[C@@H](CO)C1. The molecule has 0 saturated carbocycles. The summed E-state index contributed by atoms with van der Waals surface area (Å²) in [5, 5.41) is 11.9. The first-order valence-electron chi connectivity index (χ1n) is 7.69. The van der Waals surface area contributed by atoms with Crippen molar-refractivity contribution in [1.82, 2.24) is 4.90 Å². The van der Waals surface area contributed by atoms with Crippen LogP contribution in [0.25, 0.3) is 10.8 Å². The highest BCUT2D eigenvalue weighted by molar-refractivity contribution is 5.87. The fraction of sp³-hybridized carbons (Fsp3) is 0.444. The lowest BCUT2D eigenvalue weighted by Gasteiger charge is -2.32. The molecule has 21 heavy (non-hydrogen) atoms. The van der Waals surface area contributed by atoms with Gasteiger partial charge >= 0.3 is 0 Å². The van der Waals surface area contributed by atoms with Crippen LogP contribution in [0.1, 0.15) is 18.4 Å². The van der Waals surface area contributed by atoms with Crippen molar-refractivity contribution in [3.05, 3.63) is 42.0 Å². The summed E-state index contributed by atoms with van der Waals surface area (Å²) in [5.41, 5.74) is 1.26. The van der Waals surface area contributed by atoms with Gasteiger partial charge in [-0.3, -0.25) is 4.90 Å². The molecule has 1 heterocycles. The number of hydrogen-bond acceptors (Lipinski definition) is 3. The van der Waals surface area contributed by atoms with Gasteiger partial charge in [0.2, 0.25) is 0 Å². The number of fused-ring (bicyclic) bond motifs is 1. The molecule has 0 aromatic heterocycles. The Labute approximate surface area is 126 Å². The molecule has 1 N–H and O–H groups in total. The van der Waals surface area contributed by atoms with Gasteiger partial charge in [0.25, 0.3) is 0 Å². The van der Waals surface area contributed by atoms with Crippen molar-refractivity contribution in [2.75, 3.05) is 26.8 Å². The van der Waals surface area contributed by atoms with E-state index in [0.29, 0.717) is 12.5 Å². The molecule has 0 amide bonds. The van der Waals surface area contributed by atoms with Crippen molar-refractivity contribution in [2.24, 2.45) is 5.92 Å². The number of piperidine rings is 1. The van der Waals surface area contributed by atoms with Crippen LogP contribution in [0.2, 0.25) is 0 Å². The van der Waals surface area contributed by atoms with Gasteiger partial charge in [-0.1, -0.05) is 30.3 Å². The van der Waals surface area contributed by atoms with E-state index in [1.807, 2.05) is 0 Å². The van der Waals surface area contributed by atoms with Crippen molar-refractivity contribution in [2.45, 2.75) is 19.4 Å². The molecule has 3 nitrogen and oxygen atoms in total. The second-order valence-corrected chi connectivity index (χ2v) is 5.89. The molecule has 1 aliphatic rings. The van der Waals surface area contributed by atoms with Crippen LogP contribution < -0.4 is 4.74 Å². The highest BCUT2D eigenvalue weighted by atomic mass is 16.5. The maximum absolute atomic E-state index is 9.40. The molecule has 2 aromatic rings. The van der Waals surface area contributed by atoms with Gasteiger partial charge in [-0.2, -0.15) is 0 Å². The molecule has 0 spiro atoms. The van der Waals surface area contributed by atoms with Crippen molar-refractivity contribution >= 4 is 10.8 Å². The Kier molecular flexibility index (Phi) is 4.42. The Balaban J connectivity index is 1.91. The Morgan fingerprint density at radius 3 is 2.90 bits per heavy atom. The maximum atomic E-state index is 9.40. The van der Waals surface area contributed by atoms with E-state index in [4.69, 9.17) is 4.74 Å². The number of aliphatic hydroxyl groups excluding tert-OH is 1. The third kappa shape index (κ3) is 3.04. The standard InChI is InChI=1S/C18H23NO2/c1-21-18-9-8-15-6-2-3-7-16(15)17(18)12-19-10-4-5-14(11-19)13-20/h2-3,6-9,14,20H,4-5,10-13H2,1H3/t14-/m1/s1. The molecule has 0 aliphatic carbocycles. The zero-order valence-electron chi connectivity index (χ0n) is 12.6. The molecular formula is C18H23NO2. The maximum Gasteiger partial charge on any atom is 0.123 e. The first-order valence-corrected chi connectivity index (χ1v) is 7.69. The summed E-state index contributed by atoms with van der Waals surface area (Å²) in [5.74, 6) is 1.37. The molecule has 112 valence electrons. The van der Waals surface area contributed by atoms with Gasteiger partial charge < -0.3 is 9.84 Å². The van der Waals surface area contributed by atoms with E-state index in [0.717, 1.165) is 38.2 Å². The van der Waals surface area contributed by atoms with E-state index in [1.165, 1.54) is 16.3 Å². The lowest BCUT2D eigenvalue weighted by molar-refractivity contribution is 0.115. The third-order valence-corrected chi connectivity index (χ3v) is 4.46. The van der Waals surface area contributed by atoms with Gasteiger partial charge in [0, 0.05) is 25.3 Å². The largest absolute Gasteiger partial charge is 0.496 e. The van der Waals surface area contributed by atoms with E-state index in [1.54, 1.807) is 7.11 Å². The molecule has 2 aromatic carbocycles. The van der Waals surface area contributed by atoms with Crippen LogP contribution in [0.3, 0.4) is 0 Å². The summed E-state index contributed by atoms with van der Waals surface area (Å²) in [4.78, 5) is 2.44. The lowest BCUT2D eigenvalue weighted by Crippen LogP contribution is -2.36. The van der Waals surface area contributed by atoms with Crippen LogP contribution in [0, 0.1) is 5.92 Å². The second-order valence-electron chi connectivity index (χ2n) is 5.89. The average molecular weight is 285 g/mol. The first kappa shape index (κ1) is 14.4. The van der Waals surface area contributed by atoms with Crippen molar-refractivity contribution in [3.8, 4) is 5.75 Å². The van der Waals surface area contributed by atoms with Gasteiger partial charge in [-0.05, 0) is 42.1 Å². The summed E-state index contributed by atoms with van der Waals surface area (Å²) >= 11 is 0. The fourth-order valence-electron chi connectivity index (χ4n) is 3.34. The predicted molar refractivity (Wildman–Crippen MR) is 85.6 cm³/mol.